The van der Waals surface area contributed by atoms with Crippen LogP contribution in [0.25, 0.3) is 0 Å². The van der Waals surface area contributed by atoms with Gasteiger partial charge in [0.05, 0.1) is 13.2 Å². The van der Waals surface area contributed by atoms with Crippen molar-refractivity contribution in [3.63, 3.8) is 0 Å². The van der Waals surface area contributed by atoms with E-state index in [9.17, 15) is 0 Å². The lowest BCUT2D eigenvalue weighted by Crippen LogP contribution is -2.29. The van der Waals surface area contributed by atoms with E-state index in [1.165, 1.54) is 33.4 Å². The summed E-state index contributed by atoms with van der Waals surface area (Å²) < 4.78 is 36.4. The maximum atomic E-state index is 6.81. The zero-order valence-electron chi connectivity index (χ0n) is 33.4. The summed E-state index contributed by atoms with van der Waals surface area (Å²) in [7, 11) is 3.51. The second kappa shape index (κ2) is 15.6. The van der Waals surface area contributed by atoms with E-state index in [4.69, 9.17) is 28.4 Å². The molecule has 2 fully saturated rings. The molecule has 0 bridgehead atoms. The molecule has 4 atom stereocenters. The molecule has 0 saturated carbocycles. The standard InChI is InChI=1S/C43H68O6/c1-15-40(5,6)30-20-28(21-31(41(7,8)16-2)38(30)48-24-34(44-13)36-26-46-36)19-29-22-32(42(9,10)17-3)39(33(23-29)43(11,12)18-4)49-25-35(45-14)37-27-47-37/h20-23,34-37H,15-19,24-27H2,1-14H3. The van der Waals surface area contributed by atoms with Crippen molar-refractivity contribution in [1.29, 1.82) is 0 Å². The molecule has 2 aliphatic heterocycles. The SMILES string of the molecule is CCC(C)(C)c1cc(Cc2cc(C(C)(C)CC)c(OCC(OC)C3CO3)c(C(C)(C)CC)c2)cc(C(C)(C)CC)c1OCC(OC)C1CO1. The van der Waals surface area contributed by atoms with Gasteiger partial charge in [0, 0.05) is 36.5 Å². The summed E-state index contributed by atoms with van der Waals surface area (Å²) in [6.45, 7) is 30.3. The normalized spacial score (nSPS) is 19.5. The fraction of sp³-hybridized carbons (Fsp3) is 0.721. The molecule has 0 aromatic heterocycles. The number of hydrogen-bond acceptors (Lipinski definition) is 6. The molecule has 2 saturated heterocycles. The van der Waals surface area contributed by atoms with E-state index < -0.39 is 0 Å². The Hall–Kier alpha value is -2.12. The van der Waals surface area contributed by atoms with Crippen LogP contribution in [0.1, 0.15) is 142 Å². The quantitative estimate of drug-likeness (QED) is 0.130. The molecule has 6 heteroatoms. The number of ether oxygens (including phenoxy) is 6. The number of epoxide rings is 2. The van der Waals surface area contributed by atoms with Crippen LogP contribution in [0, 0.1) is 0 Å². The fourth-order valence-corrected chi connectivity index (χ4v) is 6.43. The van der Waals surface area contributed by atoms with Crippen molar-refractivity contribution in [3.8, 4) is 11.5 Å². The Morgan fingerprint density at radius 2 is 0.816 bits per heavy atom. The molecule has 0 aliphatic carbocycles. The molecule has 2 heterocycles. The van der Waals surface area contributed by atoms with Gasteiger partial charge in [0.1, 0.15) is 49.1 Å². The first kappa shape index (κ1) is 39.7. The van der Waals surface area contributed by atoms with Gasteiger partial charge in [-0.15, -0.1) is 0 Å². The highest BCUT2D eigenvalue weighted by atomic mass is 16.6. The molecular weight excluding hydrogens is 612 g/mol. The molecule has 276 valence electrons. The highest BCUT2D eigenvalue weighted by Gasteiger charge is 2.38. The Bertz CT molecular complexity index is 1220. The molecule has 0 amide bonds. The Balaban J connectivity index is 1.87. The smallest absolute Gasteiger partial charge is 0.126 e. The van der Waals surface area contributed by atoms with E-state index in [0.29, 0.717) is 13.2 Å². The van der Waals surface area contributed by atoms with Crippen molar-refractivity contribution in [2.45, 2.75) is 161 Å². The van der Waals surface area contributed by atoms with Crippen LogP contribution in [0.15, 0.2) is 24.3 Å². The minimum Gasteiger partial charge on any atom is -0.490 e. The first-order valence-corrected chi connectivity index (χ1v) is 18.9. The summed E-state index contributed by atoms with van der Waals surface area (Å²) in [6.07, 6.45) is 4.92. The van der Waals surface area contributed by atoms with E-state index in [1.807, 2.05) is 0 Å². The van der Waals surface area contributed by atoms with Crippen LogP contribution < -0.4 is 9.47 Å². The molecule has 4 unspecified atom stereocenters. The fourth-order valence-electron chi connectivity index (χ4n) is 6.43. The summed E-state index contributed by atoms with van der Waals surface area (Å²) in [5, 5.41) is 0. The van der Waals surface area contributed by atoms with Crippen molar-refractivity contribution in [2.75, 3.05) is 40.6 Å². The topological polar surface area (TPSA) is 62.0 Å². The third-order valence-electron chi connectivity index (χ3n) is 12.1. The summed E-state index contributed by atoms with van der Waals surface area (Å²) >= 11 is 0. The maximum Gasteiger partial charge on any atom is 0.126 e. The molecule has 0 spiro atoms. The second-order valence-corrected chi connectivity index (χ2v) is 17.1. The van der Waals surface area contributed by atoms with E-state index in [1.54, 1.807) is 14.2 Å². The lowest BCUT2D eigenvalue weighted by atomic mass is 9.73. The van der Waals surface area contributed by atoms with Crippen molar-refractivity contribution < 1.29 is 28.4 Å². The van der Waals surface area contributed by atoms with Crippen LogP contribution in [0.4, 0.5) is 0 Å². The van der Waals surface area contributed by atoms with Gasteiger partial charge in [-0.25, -0.2) is 0 Å². The van der Waals surface area contributed by atoms with Crippen molar-refractivity contribution in [3.05, 3.63) is 57.6 Å². The second-order valence-electron chi connectivity index (χ2n) is 17.1. The van der Waals surface area contributed by atoms with Gasteiger partial charge in [-0.3, -0.25) is 0 Å². The molecule has 2 aromatic carbocycles. The highest BCUT2D eigenvalue weighted by molar-refractivity contribution is 5.55. The molecular formula is C43H68O6. The van der Waals surface area contributed by atoms with Crippen LogP contribution in [-0.2, 0) is 47.0 Å². The molecule has 0 radical (unpaired) electrons. The number of rotatable bonds is 20. The van der Waals surface area contributed by atoms with Gasteiger partial charge in [-0.1, -0.05) is 107 Å². The first-order chi connectivity index (χ1) is 23.0. The first-order valence-electron chi connectivity index (χ1n) is 18.9. The van der Waals surface area contributed by atoms with Crippen LogP contribution in [0.2, 0.25) is 0 Å². The van der Waals surface area contributed by atoms with Crippen LogP contribution >= 0.6 is 0 Å². The Morgan fingerprint density at radius 1 is 0.551 bits per heavy atom. The summed E-state index contributed by atoms with van der Waals surface area (Å²) in [4.78, 5) is 0. The van der Waals surface area contributed by atoms with Gasteiger partial charge in [0.15, 0.2) is 0 Å². The third-order valence-corrected chi connectivity index (χ3v) is 12.1. The van der Waals surface area contributed by atoms with Gasteiger partial charge in [-0.05, 0) is 64.9 Å². The lowest BCUT2D eigenvalue weighted by Gasteiger charge is -2.35. The minimum absolute atomic E-state index is 0.0753. The van der Waals surface area contributed by atoms with Crippen molar-refractivity contribution in [1.82, 2.24) is 0 Å². The predicted octanol–water partition coefficient (Wildman–Crippen LogP) is 9.61. The van der Waals surface area contributed by atoms with Gasteiger partial charge >= 0.3 is 0 Å². The minimum atomic E-state index is -0.0766. The van der Waals surface area contributed by atoms with Crippen LogP contribution in [-0.4, -0.2) is 65.1 Å². The summed E-state index contributed by atoms with van der Waals surface area (Å²) in [6, 6.07) is 9.67. The van der Waals surface area contributed by atoms with Gasteiger partial charge < -0.3 is 28.4 Å². The van der Waals surface area contributed by atoms with E-state index in [0.717, 1.165) is 56.8 Å². The van der Waals surface area contributed by atoms with Crippen molar-refractivity contribution in [2.24, 2.45) is 0 Å². The summed E-state index contributed by atoms with van der Waals surface area (Å²) in [5.74, 6) is 2.03. The van der Waals surface area contributed by atoms with E-state index >= 15 is 0 Å². The van der Waals surface area contributed by atoms with Crippen molar-refractivity contribution >= 4 is 0 Å². The molecule has 2 aromatic rings. The molecule has 49 heavy (non-hydrogen) atoms. The third kappa shape index (κ3) is 9.22. The maximum absolute atomic E-state index is 6.81. The molecule has 4 rings (SSSR count). The number of methoxy groups -OCH3 is 2. The lowest BCUT2D eigenvalue weighted by molar-refractivity contribution is 0.0362. The molecule has 6 nitrogen and oxygen atoms in total. The predicted molar refractivity (Wildman–Crippen MR) is 201 cm³/mol. The average Bonchev–Trinajstić information content (AvgIpc) is 4.01. The highest BCUT2D eigenvalue weighted by Crippen LogP contribution is 2.46. The Morgan fingerprint density at radius 3 is 1.02 bits per heavy atom. The molecule has 0 N–H and O–H groups in total. The van der Waals surface area contributed by atoms with E-state index in [2.05, 4.69) is 107 Å². The number of benzene rings is 2. The zero-order valence-corrected chi connectivity index (χ0v) is 33.4. The van der Waals surface area contributed by atoms with Gasteiger partial charge in [0.2, 0.25) is 0 Å². The average molecular weight is 681 g/mol. The Labute approximate surface area is 298 Å². The van der Waals surface area contributed by atoms with Crippen LogP contribution in [0.5, 0.6) is 11.5 Å². The Kier molecular flexibility index (Phi) is 12.7. The number of hydrogen-bond donors (Lipinski definition) is 0. The molecule has 2 aliphatic rings. The zero-order chi connectivity index (χ0) is 36.4. The van der Waals surface area contributed by atoms with Gasteiger partial charge in [-0.2, -0.15) is 0 Å². The summed E-state index contributed by atoms with van der Waals surface area (Å²) in [5.41, 5.74) is 7.41. The monoisotopic (exact) mass is 681 g/mol. The van der Waals surface area contributed by atoms with E-state index in [-0.39, 0.29) is 46.1 Å². The van der Waals surface area contributed by atoms with Gasteiger partial charge in [0.25, 0.3) is 0 Å². The van der Waals surface area contributed by atoms with Crippen LogP contribution in [0.3, 0.4) is 0 Å². The largest absolute Gasteiger partial charge is 0.490 e.